The third kappa shape index (κ3) is 3.27. The van der Waals surface area contributed by atoms with Crippen LogP contribution < -0.4 is 0 Å². The van der Waals surface area contributed by atoms with Crippen LogP contribution in [0, 0.1) is 0 Å². The van der Waals surface area contributed by atoms with E-state index >= 15 is 0 Å². The van der Waals surface area contributed by atoms with Crippen LogP contribution in [0.15, 0.2) is 48.7 Å². The van der Waals surface area contributed by atoms with Crippen molar-refractivity contribution >= 4 is 11.0 Å². The fourth-order valence-electron chi connectivity index (χ4n) is 3.47. The Morgan fingerprint density at radius 3 is 2.91 bits per heavy atom. The number of benzene rings is 1. The molecule has 1 aliphatic heterocycles. The highest BCUT2D eigenvalue weighted by molar-refractivity contribution is 5.74. The average Bonchev–Trinajstić information content (AvgIpc) is 3.05. The lowest BCUT2D eigenvalue weighted by molar-refractivity contribution is 0.206. The van der Waals surface area contributed by atoms with Gasteiger partial charge < -0.3 is 9.88 Å². The Bertz CT molecular complexity index is 732. The monoisotopic (exact) mass is 306 g/mol. The Labute approximate surface area is 136 Å². The maximum Gasteiger partial charge on any atom is 0.111 e. The second-order valence-corrected chi connectivity index (χ2v) is 6.35. The summed E-state index contributed by atoms with van der Waals surface area (Å²) >= 11 is 0. The molecule has 118 valence electrons. The molecule has 0 unspecified atom stereocenters. The van der Waals surface area contributed by atoms with Crippen molar-refractivity contribution in [2.45, 2.75) is 25.2 Å². The van der Waals surface area contributed by atoms with E-state index in [-0.39, 0.29) is 0 Å². The summed E-state index contributed by atoms with van der Waals surface area (Å²) in [6.07, 6.45) is 5.36. The number of hydrogen-bond donors (Lipinski definition) is 1. The summed E-state index contributed by atoms with van der Waals surface area (Å²) in [5.41, 5.74) is 3.40. The molecule has 3 heterocycles. The molecule has 2 aromatic heterocycles. The second kappa shape index (κ2) is 6.50. The smallest absolute Gasteiger partial charge is 0.111 e. The number of para-hydroxylation sites is 2. The van der Waals surface area contributed by atoms with Crippen LogP contribution in [-0.2, 0) is 6.42 Å². The lowest BCUT2D eigenvalue weighted by Gasteiger charge is -2.31. The van der Waals surface area contributed by atoms with Crippen molar-refractivity contribution in [3.63, 3.8) is 0 Å². The Balaban J connectivity index is 1.42. The summed E-state index contributed by atoms with van der Waals surface area (Å²) in [5.74, 6) is 1.66. The summed E-state index contributed by atoms with van der Waals surface area (Å²) in [4.78, 5) is 15.3. The summed E-state index contributed by atoms with van der Waals surface area (Å²) in [7, 11) is 0. The lowest BCUT2D eigenvalue weighted by atomic mass is 9.97. The lowest BCUT2D eigenvalue weighted by Crippen LogP contribution is -2.36. The van der Waals surface area contributed by atoms with Gasteiger partial charge in [0, 0.05) is 37.3 Å². The highest BCUT2D eigenvalue weighted by atomic mass is 15.1. The van der Waals surface area contributed by atoms with E-state index in [1.165, 1.54) is 25.1 Å². The van der Waals surface area contributed by atoms with Gasteiger partial charge in [-0.1, -0.05) is 18.2 Å². The molecule has 0 bridgehead atoms. The van der Waals surface area contributed by atoms with Gasteiger partial charge in [0.15, 0.2) is 0 Å². The first-order valence-corrected chi connectivity index (χ1v) is 8.45. The molecule has 0 amide bonds. The molecule has 1 aliphatic rings. The van der Waals surface area contributed by atoms with Crippen LogP contribution >= 0.6 is 0 Å². The van der Waals surface area contributed by atoms with Gasteiger partial charge in [-0.2, -0.15) is 0 Å². The van der Waals surface area contributed by atoms with Crippen molar-refractivity contribution in [3.8, 4) is 0 Å². The van der Waals surface area contributed by atoms with Gasteiger partial charge in [0.1, 0.15) is 5.82 Å². The van der Waals surface area contributed by atoms with E-state index in [1.807, 2.05) is 18.3 Å². The van der Waals surface area contributed by atoms with Gasteiger partial charge in [-0.15, -0.1) is 0 Å². The molecule has 3 aromatic rings. The maximum absolute atomic E-state index is 4.79. The number of rotatable bonds is 4. The summed E-state index contributed by atoms with van der Waals surface area (Å²) in [6.45, 7) is 3.35. The van der Waals surface area contributed by atoms with Crippen molar-refractivity contribution in [1.29, 1.82) is 0 Å². The normalized spacial score (nSPS) is 19.2. The van der Waals surface area contributed by atoms with Crippen LogP contribution in [0.5, 0.6) is 0 Å². The molecule has 4 rings (SSSR count). The molecular formula is C19H22N4. The molecular weight excluding hydrogens is 284 g/mol. The molecule has 1 aromatic carbocycles. The minimum Gasteiger partial charge on any atom is -0.342 e. The minimum absolute atomic E-state index is 0.514. The van der Waals surface area contributed by atoms with E-state index in [0.717, 1.165) is 36.4 Å². The van der Waals surface area contributed by atoms with Crippen LogP contribution in [0.2, 0.25) is 0 Å². The number of nitrogens with one attached hydrogen (secondary N) is 1. The Morgan fingerprint density at radius 2 is 2.04 bits per heavy atom. The quantitative estimate of drug-likeness (QED) is 0.803. The first-order chi connectivity index (χ1) is 11.4. The van der Waals surface area contributed by atoms with Gasteiger partial charge in [0.25, 0.3) is 0 Å². The van der Waals surface area contributed by atoms with Crippen LogP contribution in [-0.4, -0.2) is 39.5 Å². The standard InChI is InChI=1S/C19H22N4/c1-2-9-18-17(8-1)21-19(22-18)15-6-5-12-23(14-15)13-10-16-7-3-4-11-20-16/h1-4,7-9,11,15H,5-6,10,12-14H2,(H,21,22)/t15-/m1/s1. The summed E-state index contributed by atoms with van der Waals surface area (Å²) < 4.78 is 0. The zero-order valence-electron chi connectivity index (χ0n) is 13.3. The number of piperidine rings is 1. The summed E-state index contributed by atoms with van der Waals surface area (Å²) in [6, 6.07) is 14.4. The van der Waals surface area contributed by atoms with Crippen LogP contribution in [0.25, 0.3) is 11.0 Å². The van der Waals surface area contributed by atoms with Crippen molar-refractivity contribution in [2.24, 2.45) is 0 Å². The van der Waals surface area contributed by atoms with Gasteiger partial charge in [0.2, 0.25) is 0 Å². The third-order valence-corrected chi connectivity index (χ3v) is 4.71. The third-order valence-electron chi connectivity index (χ3n) is 4.71. The maximum atomic E-state index is 4.79. The number of H-pyrrole nitrogens is 1. The number of likely N-dealkylation sites (tertiary alicyclic amines) is 1. The molecule has 1 N–H and O–H groups in total. The van der Waals surface area contributed by atoms with Crippen molar-refractivity contribution in [2.75, 3.05) is 19.6 Å². The SMILES string of the molecule is c1ccc(CCN2CCC[C@@H](c3nc4ccccc4[nH]3)C2)nc1. The number of imidazole rings is 1. The number of pyridine rings is 1. The molecule has 0 spiro atoms. The molecule has 0 aliphatic carbocycles. The predicted octanol–water partition coefficient (Wildman–Crippen LogP) is 3.38. The van der Waals surface area contributed by atoms with E-state index in [2.05, 4.69) is 45.2 Å². The Morgan fingerprint density at radius 1 is 1.13 bits per heavy atom. The molecule has 4 nitrogen and oxygen atoms in total. The van der Waals surface area contributed by atoms with E-state index in [9.17, 15) is 0 Å². The van der Waals surface area contributed by atoms with Gasteiger partial charge in [-0.25, -0.2) is 4.98 Å². The molecule has 1 fully saturated rings. The summed E-state index contributed by atoms with van der Waals surface area (Å²) in [5, 5.41) is 0. The first-order valence-electron chi connectivity index (χ1n) is 8.45. The zero-order chi connectivity index (χ0) is 15.5. The Kier molecular flexibility index (Phi) is 4.07. The van der Waals surface area contributed by atoms with Gasteiger partial charge >= 0.3 is 0 Å². The minimum atomic E-state index is 0.514. The predicted molar refractivity (Wildman–Crippen MR) is 92.4 cm³/mol. The van der Waals surface area contributed by atoms with Crippen LogP contribution in [0.3, 0.4) is 0 Å². The number of hydrogen-bond acceptors (Lipinski definition) is 3. The fourth-order valence-corrected chi connectivity index (χ4v) is 3.47. The number of fused-ring (bicyclic) bond motifs is 1. The highest BCUT2D eigenvalue weighted by Crippen LogP contribution is 2.26. The van der Waals surface area contributed by atoms with Gasteiger partial charge in [-0.3, -0.25) is 4.98 Å². The molecule has 0 radical (unpaired) electrons. The van der Waals surface area contributed by atoms with Crippen molar-refractivity contribution in [3.05, 3.63) is 60.2 Å². The van der Waals surface area contributed by atoms with Crippen LogP contribution in [0.4, 0.5) is 0 Å². The van der Waals surface area contributed by atoms with Crippen LogP contribution in [0.1, 0.15) is 30.3 Å². The fraction of sp³-hybridized carbons (Fsp3) is 0.368. The largest absolute Gasteiger partial charge is 0.342 e. The molecule has 4 heteroatoms. The average molecular weight is 306 g/mol. The zero-order valence-corrected chi connectivity index (χ0v) is 13.3. The second-order valence-electron chi connectivity index (χ2n) is 6.35. The topological polar surface area (TPSA) is 44.8 Å². The van der Waals surface area contributed by atoms with E-state index in [4.69, 9.17) is 4.98 Å². The van der Waals surface area contributed by atoms with Gasteiger partial charge in [-0.05, 0) is 43.7 Å². The van der Waals surface area contributed by atoms with Gasteiger partial charge in [0.05, 0.1) is 11.0 Å². The molecule has 1 atom stereocenters. The molecule has 23 heavy (non-hydrogen) atoms. The number of aromatic nitrogens is 3. The Hall–Kier alpha value is -2.20. The molecule has 0 saturated carbocycles. The molecule has 1 saturated heterocycles. The van der Waals surface area contributed by atoms with Crippen molar-refractivity contribution < 1.29 is 0 Å². The first kappa shape index (κ1) is 14.4. The number of nitrogens with zero attached hydrogens (tertiary/aromatic N) is 3. The van der Waals surface area contributed by atoms with Crippen molar-refractivity contribution in [1.82, 2.24) is 19.9 Å². The van der Waals surface area contributed by atoms with E-state index in [1.54, 1.807) is 0 Å². The van der Waals surface area contributed by atoms with E-state index in [0.29, 0.717) is 5.92 Å². The number of aromatic amines is 1. The van der Waals surface area contributed by atoms with E-state index < -0.39 is 0 Å². The highest BCUT2D eigenvalue weighted by Gasteiger charge is 2.23.